The number of hydrogen-bond acceptors (Lipinski definition) is 2. The maximum atomic E-state index is 8.64. The van der Waals surface area contributed by atoms with Crippen LogP contribution in [0.2, 0.25) is 0 Å². The maximum Gasteiger partial charge on any atom is 0.0863 e. The van der Waals surface area contributed by atoms with E-state index in [0.717, 1.165) is 13.0 Å². The number of hydrogen-bond donors (Lipinski definition) is 0. The molecule has 0 unspecified atom stereocenters. The minimum Gasteiger partial charge on any atom is -0.293 e. The molecule has 0 saturated carbocycles. The van der Waals surface area contributed by atoms with Crippen molar-refractivity contribution in [2.24, 2.45) is 0 Å². The molecular formula is C15H22N2. The molecule has 0 aromatic heterocycles. The molecule has 0 bridgehead atoms. The molecular weight excluding hydrogens is 208 g/mol. The predicted molar refractivity (Wildman–Crippen MR) is 72.2 cm³/mol. The first-order valence-electron chi connectivity index (χ1n) is 6.09. The third-order valence-electron chi connectivity index (χ3n) is 3.61. The Balaban J connectivity index is 2.88. The predicted octanol–water partition coefficient (Wildman–Crippen LogP) is 2.92. The van der Waals surface area contributed by atoms with E-state index in [-0.39, 0.29) is 0 Å². The highest BCUT2D eigenvalue weighted by Crippen LogP contribution is 2.22. The smallest absolute Gasteiger partial charge is 0.0863 e. The summed E-state index contributed by atoms with van der Waals surface area (Å²) in [4.78, 5) is 2.07. The highest BCUT2D eigenvalue weighted by molar-refractivity contribution is 5.44. The zero-order valence-corrected chi connectivity index (χ0v) is 11.6. The molecule has 0 fully saturated rings. The van der Waals surface area contributed by atoms with Gasteiger partial charge in [-0.15, -0.1) is 0 Å². The number of nitriles is 1. The first-order chi connectivity index (χ1) is 7.97. The van der Waals surface area contributed by atoms with Crippen LogP contribution >= 0.6 is 0 Å². The molecule has 0 heterocycles. The Morgan fingerprint density at radius 2 is 1.65 bits per heavy atom. The van der Waals surface area contributed by atoms with Crippen molar-refractivity contribution in [3.63, 3.8) is 0 Å². The van der Waals surface area contributed by atoms with Gasteiger partial charge in [0.2, 0.25) is 0 Å². The molecule has 2 nitrogen and oxygen atoms in total. The lowest BCUT2D eigenvalue weighted by Crippen LogP contribution is -2.22. The lowest BCUT2D eigenvalue weighted by atomic mass is 9.92. The molecule has 0 radical (unpaired) electrons. The molecule has 0 amide bonds. The standard InChI is InChI=1S/C15H22N2/c1-11-10-12(2)14(4)15(13(11)3)6-8-17(5)9-7-16/h10H,6,8-9H2,1-5H3. The highest BCUT2D eigenvalue weighted by Gasteiger charge is 2.09. The first-order valence-corrected chi connectivity index (χ1v) is 6.09. The van der Waals surface area contributed by atoms with E-state index in [1.54, 1.807) is 0 Å². The quantitative estimate of drug-likeness (QED) is 0.744. The molecule has 1 aromatic carbocycles. The zero-order valence-electron chi connectivity index (χ0n) is 11.6. The Kier molecular flexibility index (Phi) is 4.72. The lowest BCUT2D eigenvalue weighted by molar-refractivity contribution is 0.378. The third kappa shape index (κ3) is 3.31. The normalized spacial score (nSPS) is 10.6. The molecule has 92 valence electrons. The van der Waals surface area contributed by atoms with Gasteiger partial charge in [-0.2, -0.15) is 5.26 Å². The van der Waals surface area contributed by atoms with Gasteiger partial charge in [-0.3, -0.25) is 4.90 Å². The summed E-state index contributed by atoms with van der Waals surface area (Å²) in [6.45, 7) is 10.2. The minimum atomic E-state index is 0.503. The number of benzene rings is 1. The summed E-state index contributed by atoms with van der Waals surface area (Å²) in [5.74, 6) is 0. The van der Waals surface area contributed by atoms with E-state index in [2.05, 4.69) is 44.7 Å². The fraction of sp³-hybridized carbons (Fsp3) is 0.533. The van der Waals surface area contributed by atoms with E-state index in [1.165, 1.54) is 27.8 Å². The molecule has 17 heavy (non-hydrogen) atoms. The molecule has 0 aliphatic rings. The summed E-state index contributed by atoms with van der Waals surface area (Å²) in [6.07, 6.45) is 1.03. The van der Waals surface area contributed by atoms with Crippen LogP contribution in [0.1, 0.15) is 27.8 Å². The Morgan fingerprint density at radius 3 is 2.12 bits per heavy atom. The Bertz CT molecular complexity index is 415. The molecule has 0 saturated heterocycles. The molecule has 0 aliphatic carbocycles. The van der Waals surface area contributed by atoms with Crippen molar-refractivity contribution in [1.29, 1.82) is 5.26 Å². The van der Waals surface area contributed by atoms with Crippen molar-refractivity contribution in [2.45, 2.75) is 34.1 Å². The number of rotatable bonds is 4. The Hall–Kier alpha value is -1.33. The van der Waals surface area contributed by atoms with Crippen LogP contribution in [0, 0.1) is 39.0 Å². The average Bonchev–Trinajstić information content (AvgIpc) is 2.27. The summed E-state index contributed by atoms with van der Waals surface area (Å²) in [6, 6.07) is 4.44. The largest absolute Gasteiger partial charge is 0.293 e. The molecule has 0 spiro atoms. The van der Waals surface area contributed by atoms with Crippen molar-refractivity contribution in [3.05, 3.63) is 33.9 Å². The van der Waals surface area contributed by atoms with Crippen LogP contribution in [0.5, 0.6) is 0 Å². The summed E-state index contributed by atoms with van der Waals surface area (Å²) < 4.78 is 0. The zero-order chi connectivity index (χ0) is 13.0. The van der Waals surface area contributed by atoms with E-state index in [1.807, 2.05) is 7.05 Å². The van der Waals surface area contributed by atoms with E-state index >= 15 is 0 Å². The number of nitrogens with zero attached hydrogens (tertiary/aromatic N) is 2. The molecule has 2 heteroatoms. The van der Waals surface area contributed by atoms with E-state index in [4.69, 9.17) is 5.26 Å². The second-order valence-electron chi connectivity index (χ2n) is 4.88. The van der Waals surface area contributed by atoms with Crippen molar-refractivity contribution in [1.82, 2.24) is 4.90 Å². The van der Waals surface area contributed by atoms with E-state index in [0.29, 0.717) is 6.54 Å². The first kappa shape index (κ1) is 13.7. The second-order valence-corrected chi connectivity index (χ2v) is 4.88. The van der Waals surface area contributed by atoms with Gasteiger partial charge in [-0.1, -0.05) is 6.07 Å². The van der Waals surface area contributed by atoms with E-state index in [9.17, 15) is 0 Å². The van der Waals surface area contributed by atoms with Gasteiger partial charge in [0.25, 0.3) is 0 Å². The molecule has 1 rings (SSSR count). The molecule has 1 aromatic rings. The van der Waals surface area contributed by atoms with E-state index < -0.39 is 0 Å². The van der Waals surface area contributed by atoms with Crippen LogP contribution in [-0.2, 0) is 6.42 Å². The van der Waals surface area contributed by atoms with Gasteiger partial charge >= 0.3 is 0 Å². The van der Waals surface area contributed by atoms with Gasteiger partial charge in [0, 0.05) is 6.54 Å². The summed E-state index contributed by atoms with van der Waals surface area (Å²) in [5.41, 5.74) is 6.99. The van der Waals surface area contributed by atoms with Crippen LogP contribution in [-0.4, -0.2) is 25.0 Å². The summed E-state index contributed by atoms with van der Waals surface area (Å²) in [5, 5.41) is 8.64. The van der Waals surface area contributed by atoms with Crippen molar-refractivity contribution in [3.8, 4) is 6.07 Å². The fourth-order valence-electron chi connectivity index (χ4n) is 2.18. The van der Waals surface area contributed by atoms with Gasteiger partial charge in [-0.05, 0) is 69.0 Å². The van der Waals surface area contributed by atoms with Gasteiger partial charge < -0.3 is 0 Å². The third-order valence-corrected chi connectivity index (χ3v) is 3.61. The van der Waals surface area contributed by atoms with Crippen molar-refractivity contribution < 1.29 is 0 Å². The highest BCUT2D eigenvalue weighted by atomic mass is 15.1. The number of aryl methyl sites for hydroxylation is 2. The topological polar surface area (TPSA) is 27.0 Å². The van der Waals surface area contributed by atoms with Gasteiger partial charge in [-0.25, -0.2) is 0 Å². The Morgan fingerprint density at radius 1 is 1.12 bits per heavy atom. The van der Waals surface area contributed by atoms with Crippen LogP contribution in [0.4, 0.5) is 0 Å². The molecule has 0 N–H and O–H groups in total. The van der Waals surface area contributed by atoms with Crippen molar-refractivity contribution in [2.75, 3.05) is 20.1 Å². The number of likely N-dealkylation sites (N-methyl/N-ethyl adjacent to an activating group) is 1. The monoisotopic (exact) mass is 230 g/mol. The lowest BCUT2D eigenvalue weighted by Gasteiger charge is -2.18. The summed E-state index contributed by atoms with van der Waals surface area (Å²) in [7, 11) is 2.00. The average molecular weight is 230 g/mol. The van der Waals surface area contributed by atoms with Gasteiger partial charge in [0.05, 0.1) is 12.6 Å². The maximum absolute atomic E-state index is 8.64. The van der Waals surface area contributed by atoms with Crippen molar-refractivity contribution >= 4 is 0 Å². The minimum absolute atomic E-state index is 0.503. The van der Waals surface area contributed by atoms with Crippen LogP contribution in [0.25, 0.3) is 0 Å². The van der Waals surface area contributed by atoms with Crippen LogP contribution < -0.4 is 0 Å². The van der Waals surface area contributed by atoms with Crippen LogP contribution in [0.3, 0.4) is 0 Å². The SMILES string of the molecule is Cc1cc(C)c(C)c(CCN(C)CC#N)c1C. The Labute approximate surface area is 105 Å². The molecule has 0 aliphatic heterocycles. The fourth-order valence-corrected chi connectivity index (χ4v) is 2.18. The second kappa shape index (κ2) is 5.84. The summed E-state index contributed by atoms with van der Waals surface area (Å²) >= 11 is 0. The molecule has 0 atom stereocenters. The van der Waals surface area contributed by atoms with Gasteiger partial charge in [0.1, 0.15) is 0 Å². The van der Waals surface area contributed by atoms with Crippen LogP contribution in [0.15, 0.2) is 6.07 Å². The van der Waals surface area contributed by atoms with Gasteiger partial charge in [0.15, 0.2) is 0 Å².